The van der Waals surface area contributed by atoms with E-state index in [1.165, 1.54) is 35.7 Å². The van der Waals surface area contributed by atoms with Crippen LogP contribution in [0.5, 0.6) is 0 Å². The first kappa shape index (κ1) is 13.7. The summed E-state index contributed by atoms with van der Waals surface area (Å²) >= 11 is 0. The summed E-state index contributed by atoms with van der Waals surface area (Å²) in [6.07, 6.45) is 6.06. The highest BCUT2D eigenvalue weighted by molar-refractivity contribution is 5.80. The van der Waals surface area contributed by atoms with Gasteiger partial charge in [0.05, 0.1) is 6.61 Å². The van der Waals surface area contributed by atoms with Gasteiger partial charge in [-0.25, -0.2) is 0 Å². The normalized spacial score (nSPS) is 17.3. The second-order valence-electron chi connectivity index (χ2n) is 6.21. The first-order valence-corrected chi connectivity index (χ1v) is 7.46. The van der Waals surface area contributed by atoms with Crippen molar-refractivity contribution in [1.29, 1.82) is 0 Å². The quantitative estimate of drug-likeness (QED) is 0.874. The zero-order valence-corrected chi connectivity index (χ0v) is 12.5. The SMILES string of the molecule is COCC1(CNCc2ccc3c(ccn3C)c2)CCC1. The standard InChI is InChI=1S/C17H24N2O/c1-19-9-6-15-10-14(4-5-16(15)19)11-18-12-17(13-20-2)7-3-8-17/h4-6,9-10,18H,3,7-8,11-13H2,1-2H3. The lowest BCUT2D eigenvalue weighted by Crippen LogP contribution is -2.43. The monoisotopic (exact) mass is 272 g/mol. The number of nitrogens with zero attached hydrogens (tertiary/aromatic N) is 1. The summed E-state index contributed by atoms with van der Waals surface area (Å²) in [6, 6.07) is 8.89. The molecule has 20 heavy (non-hydrogen) atoms. The highest BCUT2D eigenvalue weighted by Gasteiger charge is 2.36. The van der Waals surface area contributed by atoms with E-state index in [0.29, 0.717) is 5.41 Å². The van der Waals surface area contributed by atoms with Crippen LogP contribution in [-0.2, 0) is 18.3 Å². The van der Waals surface area contributed by atoms with E-state index >= 15 is 0 Å². The Morgan fingerprint density at radius 3 is 2.85 bits per heavy atom. The molecule has 3 nitrogen and oxygen atoms in total. The lowest BCUT2D eigenvalue weighted by Gasteiger charge is -2.41. The molecule has 1 saturated carbocycles. The smallest absolute Gasteiger partial charge is 0.0530 e. The number of aromatic nitrogens is 1. The van der Waals surface area contributed by atoms with E-state index in [4.69, 9.17) is 4.74 Å². The number of nitrogens with one attached hydrogen (secondary N) is 1. The van der Waals surface area contributed by atoms with Crippen LogP contribution < -0.4 is 5.32 Å². The molecule has 1 fully saturated rings. The highest BCUT2D eigenvalue weighted by atomic mass is 16.5. The third-order valence-electron chi connectivity index (χ3n) is 4.64. The minimum absolute atomic E-state index is 0.394. The van der Waals surface area contributed by atoms with E-state index in [-0.39, 0.29) is 0 Å². The zero-order chi connectivity index (χ0) is 14.0. The van der Waals surface area contributed by atoms with E-state index in [0.717, 1.165) is 19.7 Å². The van der Waals surface area contributed by atoms with Crippen LogP contribution in [0.25, 0.3) is 10.9 Å². The molecule has 1 aliphatic rings. The van der Waals surface area contributed by atoms with Gasteiger partial charge in [0.25, 0.3) is 0 Å². The molecule has 3 heteroatoms. The third-order valence-corrected chi connectivity index (χ3v) is 4.64. The van der Waals surface area contributed by atoms with Gasteiger partial charge in [0.2, 0.25) is 0 Å². The highest BCUT2D eigenvalue weighted by Crippen LogP contribution is 2.40. The van der Waals surface area contributed by atoms with E-state index < -0.39 is 0 Å². The Morgan fingerprint density at radius 1 is 1.30 bits per heavy atom. The molecule has 0 spiro atoms. The fourth-order valence-corrected chi connectivity index (χ4v) is 3.27. The van der Waals surface area contributed by atoms with Gasteiger partial charge in [-0.05, 0) is 42.0 Å². The Hall–Kier alpha value is -1.32. The van der Waals surface area contributed by atoms with Crippen molar-refractivity contribution < 1.29 is 4.74 Å². The van der Waals surface area contributed by atoms with Crippen LogP contribution in [0, 0.1) is 5.41 Å². The van der Waals surface area contributed by atoms with E-state index in [9.17, 15) is 0 Å². The molecule has 1 N–H and O–H groups in total. The number of aryl methyl sites for hydroxylation is 1. The van der Waals surface area contributed by atoms with Crippen LogP contribution in [-0.4, -0.2) is 24.8 Å². The second-order valence-corrected chi connectivity index (χ2v) is 6.21. The summed E-state index contributed by atoms with van der Waals surface area (Å²) in [7, 11) is 3.90. The van der Waals surface area contributed by atoms with Crippen LogP contribution in [0.3, 0.4) is 0 Å². The summed E-state index contributed by atoms with van der Waals surface area (Å²) in [5.41, 5.74) is 3.05. The Kier molecular flexibility index (Phi) is 3.81. The van der Waals surface area contributed by atoms with Gasteiger partial charge < -0.3 is 14.6 Å². The van der Waals surface area contributed by atoms with Gasteiger partial charge in [-0.2, -0.15) is 0 Å². The van der Waals surface area contributed by atoms with Gasteiger partial charge in [-0.1, -0.05) is 12.5 Å². The molecule has 3 rings (SSSR count). The van der Waals surface area contributed by atoms with Crippen molar-refractivity contribution in [2.24, 2.45) is 12.5 Å². The maximum absolute atomic E-state index is 5.37. The molecule has 1 aromatic carbocycles. The van der Waals surface area contributed by atoms with Crippen LogP contribution in [0.1, 0.15) is 24.8 Å². The number of hydrogen-bond donors (Lipinski definition) is 1. The van der Waals surface area contributed by atoms with Crippen LogP contribution in [0.15, 0.2) is 30.5 Å². The van der Waals surface area contributed by atoms with Crippen LogP contribution in [0.4, 0.5) is 0 Å². The maximum atomic E-state index is 5.37. The van der Waals surface area contributed by atoms with E-state index in [1.54, 1.807) is 0 Å². The van der Waals surface area contributed by atoms with Crippen LogP contribution in [0.2, 0.25) is 0 Å². The molecule has 108 valence electrons. The summed E-state index contributed by atoms with van der Waals surface area (Å²) in [6.45, 7) is 2.89. The van der Waals surface area contributed by atoms with Gasteiger partial charge in [0.1, 0.15) is 0 Å². The average molecular weight is 272 g/mol. The molecule has 0 amide bonds. The molecule has 0 bridgehead atoms. The van der Waals surface area contributed by atoms with Gasteiger partial charge in [-0.15, -0.1) is 0 Å². The Balaban J connectivity index is 1.59. The molecule has 1 heterocycles. The number of fused-ring (bicyclic) bond motifs is 1. The Bertz CT molecular complexity index is 584. The van der Waals surface area contributed by atoms with Gasteiger partial charge >= 0.3 is 0 Å². The predicted molar refractivity (Wildman–Crippen MR) is 82.8 cm³/mol. The number of ether oxygens (including phenoxy) is 1. The van der Waals surface area contributed by atoms with Gasteiger partial charge in [0.15, 0.2) is 0 Å². The largest absolute Gasteiger partial charge is 0.384 e. The van der Waals surface area contributed by atoms with Crippen molar-refractivity contribution in [2.45, 2.75) is 25.8 Å². The topological polar surface area (TPSA) is 26.2 Å². The van der Waals surface area contributed by atoms with Crippen LogP contribution >= 0.6 is 0 Å². The van der Waals surface area contributed by atoms with Crippen molar-refractivity contribution in [1.82, 2.24) is 9.88 Å². The lowest BCUT2D eigenvalue weighted by atomic mass is 9.69. The van der Waals surface area contributed by atoms with Gasteiger partial charge in [0, 0.05) is 44.4 Å². The minimum Gasteiger partial charge on any atom is -0.384 e. The molecular formula is C17H24N2O. The van der Waals surface area contributed by atoms with Gasteiger partial charge in [-0.3, -0.25) is 0 Å². The number of benzene rings is 1. The molecule has 1 aromatic heterocycles. The molecule has 1 aliphatic carbocycles. The number of methoxy groups -OCH3 is 1. The lowest BCUT2D eigenvalue weighted by molar-refractivity contribution is 0.0177. The van der Waals surface area contributed by atoms with E-state index in [1.807, 2.05) is 7.11 Å². The summed E-state index contributed by atoms with van der Waals surface area (Å²) in [4.78, 5) is 0. The summed E-state index contributed by atoms with van der Waals surface area (Å²) < 4.78 is 7.53. The van der Waals surface area contributed by atoms with Crippen molar-refractivity contribution in [2.75, 3.05) is 20.3 Å². The number of rotatable bonds is 6. The molecule has 0 saturated heterocycles. The van der Waals surface area contributed by atoms with Crippen molar-refractivity contribution >= 4 is 10.9 Å². The summed E-state index contributed by atoms with van der Waals surface area (Å²) in [5.74, 6) is 0. The number of hydrogen-bond acceptors (Lipinski definition) is 2. The van der Waals surface area contributed by atoms with Crippen molar-refractivity contribution in [3.8, 4) is 0 Å². The maximum Gasteiger partial charge on any atom is 0.0530 e. The Labute approximate surface area is 120 Å². The fraction of sp³-hybridized carbons (Fsp3) is 0.529. The predicted octanol–water partition coefficient (Wildman–Crippen LogP) is 3.08. The Morgan fingerprint density at radius 2 is 2.15 bits per heavy atom. The third kappa shape index (κ3) is 2.60. The zero-order valence-electron chi connectivity index (χ0n) is 12.5. The first-order chi connectivity index (χ1) is 9.72. The van der Waals surface area contributed by atoms with Crippen molar-refractivity contribution in [3.05, 3.63) is 36.0 Å². The van der Waals surface area contributed by atoms with E-state index in [2.05, 4.69) is 47.4 Å². The molecule has 2 aromatic rings. The minimum atomic E-state index is 0.394. The average Bonchev–Trinajstić information content (AvgIpc) is 2.77. The van der Waals surface area contributed by atoms with Crippen molar-refractivity contribution in [3.63, 3.8) is 0 Å². The first-order valence-electron chi connectivity index (χ1n) is 7.46. The molecule has 0 aliphatic heterocycles. The molecule has 0 radical (unpaired) electrons. The summed E-state index contributed by atoms with van der Waals surface area (Å²) in [5, 5.41) is 4.94. The molecular weight excluding hydrogens is 248 g/mol. The molecule has 0 unspecified atom stereocenters. The fourth-order valence-electron chi connectivity index (χ4n) is 3.27. The molecule has 0 atom stereocenters. The second kappa shape index (κ2) is 5.58.